The molecular weight excluding hydrogens is 230 g/mol. The second-order valence-electron chi connectivity index (χ2n) is 4.12. The van der Waals surface area contributed by atoms with Gasteiger partial charge in [-0.25, -0.2) is 0 Å². The lowest BCUT2D eigenvalue weighted by Gasteiger charge is -2.03. The van der Waals surface area contributed by atoms with Gasteiger partial charge in [0.15, 0.2) is 0 Å². The number of para-hydroxylation sites is 1. The van der Waals surface area contributed by atoms with E-state index in [9.17, 15) is 0 Å². The van der Waals surface area contributed by atoms with E-state index in [1.165, 1.54) is 5.56 Å². The largest absolute Gasteiger partial charge is 0.399 e. The van der Waals surface area contributed by atoms with Crippen LogP contribution < -0.4 is 5.73 Å². The standard InChI is InChI=1S/C9H11Cl.C6H7N/c1-7(2)8-4-3-5-9(10)6-8;7-6-4-2-1-3-5-6/h3-7H,1-2H3;1-5H,7H2. The molecule has 0 unspecified atom stereocenters. The SMILES string of the molecule is CC(C)c1cccc(Cl)c1.Nc1ccccc1. The van der Waals surface area contributed by atoms with Crippen LogP contribution >= 0.6 is 11.6 Å². The summed E-state index contributed by atoms with van der Waals surface area (Å²) in [6.07, 6.45) is 0. The molecule has 90 valence electrons. The first kappa shape index (κ1) is 13.6. The molecule has 0 aliphatic rings. The summed E-state index contributed by atoms with van der Waals surface area (Å²) in [5, 5.41) is 0.825. The van der Waals surface area contributed by atoms with Crippen LogP contribution in [-0.2, 0) is 0 Å². The zero-order valence-corrected chi connectivity index (χ0v) is 11.0. The fraction of sp³-hybridized carbons (Fsp3) is 0.200. The monoisotopic (exact) mass is 247 g/mol. The maximum atomic E-state index is 5.79. The van der Waals surface area contributed by atoms with E-state index in [1.54, 1.807) is 0 Å². The molecule has 2 heteroatoms. The lowest BCUT2D eigenvalue weighted by Crippen LogP contribution is -1.84. The van der Waals surface area contributed by atoms with E-state index in [2.05, 4.69) is 19.9 Å². The Hall–Kier alpha value is -1.47. The molecule has 0 aromatic heterocycles. The number of hydrogen-bond acceptors (Lipinski definition) is 1. The van der Waals surface area contributed by atoms with Crippen LogP contribution in [0.3, 0.4) is 0 Å². The molecule has 17 heavy (non-hydrogen) atoms. The first-order chi connectivity index (χ1) is 8.09. The van der Waals surface area contributed by atoms with E-state index in [-0.39, 0.29) is 0 Å². The van der Waals surface area contributed by atoms with E-state index in [0.29, 0.717) is 5.92 Å². The molecule has 0 spiro atoms. The molecule has 1 nitrogen and oxygen atoms in total. The number of hydrogen-bond donors (Lipinski definition) is 1. The molecule has 2 aromatic carbocycles. The second-order valence-corrected chi connectivity index (χ2v) is 4.56. The average molecular weight is 248 g/mol. The summed E-state index contributed by atoms with van der Waals surface area (Å²) in [4.78, 5) is 0. The number of halogens is 1. The summed E-state index contributed by atoms with van der Waals surface area (Å²) in [5.41, 5.74) is 7.48. The fourth-order valence-corrected chi connectivity index (χ4v) is 1.52. The van der Waals surface area contributed by atoms with Crippen molar-refractivity contribution in [2.45, 2.75) is 19.8 Å². The maximum Gasteiger partial charge on any atom is 0.0408 e. The first-order valence-corrected chi connectivity index (χ1v) is 6.03. The van der Waals surface area contributed by atoms with Crippen molar-refractivity contribution in [1.29, 1.82) is 0 Å². The van der Waals surface area contributed by atoms with E-state index >= 15 is 0 Å². The molecule has 0 aliphatic carbocycles. The van der Waals surface area contributed by atoms with Crippen molar-refractivity contribution in [2.75, 3.05) is 5.73 Å². The number of anilines is 1. The molecule has 0 aliphatic heterocycles. The van der Waals surface area contributed by atoms with Gasteiger partial charge in [0.1, 0.15) is 0 Å². The number of nitrogens with two attached hydrogens (primary N) is 1. The van der Waals surface area contributed by atoms with Crippen LogP contribution in [0.2, 0.25) is 5.02 Å². The smallest absolute Gasteiger partial charge is 0.0408 e. The van der Waals surface area contributed by atoms with Crippen molar-refractivity contribution in [3.05, 3.63) is 65.2 Å². The van der Waals surface area contributed by atoms with E-state index in [4.69, 9.17) is 17.3 Å². The molecule has 2 aromatic rings. The Labute approximate surface area is 108 Å². The minimum absolute atomic E-state index is 0.568. The molecule has 2 N–H and O–H groups in total. The van der Waals surface area contributed by atoms with Gasteiger partial charge in [-0.3, -0.25) is 0 Å². The zero-order valence-electron chi connectivity index (χ0n) is 10.2. The van der Waals surface area contributed by atoms with Gasteiger partial charge in [0.05, 0.1) is 0 Å². The number of nitrogen functional groups attached to an aromatic ring is 1. The van der Waals surface area contributed by atoms with Crippen LogP contribution in [0.5, 0.6) is 0 Å². The van der Waals surface area contributed by atoms with Crippen molar-refractivity contribution in [3.63, 3.8) is 0 Å². The van der Waals surface area contributed by atoms with Gasteiger partial charge >= 0.3 is 0 Å². The van der Waals surface area contributed by atoms with Gasteiger partial charge in [-0.2, -0.15) is 0 Å². The van der Waals surface area contributed by atoms with E-state index in [1.807, 2.05) is 48.5 Å². The van der Waals surface area contributed by atoms with Gasteiger partial charge in [-0.05, 0) is 35.7 Å². The molecule has 0 radical (unpaired) electrons. The lowest BCUT2D eigenvalue weighted by molar-refractivity contribution is 0.867. The van der Waals surface area contributed by atoms with Crippen molar-refractivity contribution < 1.29 is 0 Å². The summed E-state index contributed by atoms with van der Waals surface area (Å²) in [6, 6.07) is 17.5. The van der Waals surface area contributed by atoms with Crippen LogP contribution in [-0.4, -0.2) is 0 Å². The Bertz CT molecular complexity index is 438. The third-order valence-electron chi connectivity index (χ3n) is 2.31. The number of benzene rings is 2. The van der Waals surface area contributed by atoms with Gasteiger partial charge in [0, 0.05) is 10.7 Å². The summed E-state index contributed by atoms with van der Waals surface area (Å²) >= 11 is 5.79. The lowest BCUT2D eigenvalue weighted by atomic mass is 10.0. The Morgan fingerprint density at radius 2 is 1.59 bits per heavy atom. The summed E-state index contributed by atoms with van der Waals surface area (Å²) in [6.45, 7) is 4.32. The minimum Gasteiger partial charge on any atom is -0.399 e. The van der Waals surface area contributed by atoms with Gasteiger partial charge in [0.2, 0.25) is 0 Å². The molecular formula is C15H18ClN. The Morgan fingerprint density at radius 1 is 0.941 bits per heavy atom. The fourth-order valence-electron chi connectivity index (χ4n) is 1.32. The number of rotatable bonds is 1. The van der Waals surface area contributed by atoms with Gasteiger partial charge in [-0.1, -0.05) is 55.8 Å². The highest BCUT2D eigenvalue weighted by molar-refractivity contribution is 6.30. The summed E-state index contributed by atoms with van der Waals surface area (Å²) in [5.74, 6) is 0.568. The molecule has 0 saturated carbocycles. The maximum absolute atomic E-state index is 5.79. The van der Waals surface area contributed by atoms with Crippen molar-refractivity contribution in [1.82, 2.24) is 0 Å². The van der Waals surface area contributed by atoms with Gasteiger partial charge in [0.25, 0.3) is 0 Å². The van der Waals surface area contributed by atoms with Crippen molar-refractivity contribution in [2.24, 2.45) is 0 Å². The Kier molecular flexibility index (Phi) is 5.58. The second kappa shape index (κ2) is 6.97. The van der Waals surface area contributed by atoms with Gasteiger partial charge in [-0.15, -0.1) is 0 Å². The summed E-state index contributed by atoms with van der Waals surface area (Å²) in [7, 11) is 0. The van der Waals surface area contributed by atoms with Crippen molar-refractivity contribution in [3.8, 4) is 0 Å². The third-order valence-corrected chi connectivity index (χ3v) is 2.55. The Morgan fingerprint density at radius 3 is 1.94 bits per heavy atom. The minimum atomic E-state index is 0.568. The normalized spacial score (nSPS) is 9.65. The van der Waals surface area contributed by atoms with E-state index < -0.39 is 0 Å². The predicted octanol–water partition coefficient (Wildman–Crippen LogP) is 4.73. The molecule has 0 heterocycles. The first-order valence-electron chi connectivity index (χ1n) is 5.65. The van der Waals surface area contributed by atoms with Crippen LogP contribution in [0.1, 0.15) is 25.3 Å². The highest BCUT2D eigenvalue weighted by atomic mass is 35.5. The average Bonchev–Trinajstić information content (AvgIpc) is 2.31. The molecule has 2 rings (SSSR count). The van der Waals surface area contributed by atoms with Crippen LogP contribution in [0.15, 0.2) is 54.6 Å². The van der Waals surface area contributed by atoms with Crippen molar-refractivity contribution >= 4 is 17.3 Å². The Balaban J connectivity index is 0.000000181. The van der Waals surface area contributed by atoms with Gasteiger partial charge < -0.3 is 5.73 Å². The zero-order chi connectivity index (χ0) is 12.7. The molecule has 0 amide bonds. The van der Waals surface area contributed by atoms with Crippen LogP contribution in [0, 0.1) is 0 Å². The molecule has 0 saturated heterocycles. The third kappa shape index (κ3) is 5.41. The van der Waals surface area contributed by atoms with Crippen LogP contribution in [0.4, 0.5) is 5.69 Å². The molecule has 0 fully saturated rings. The predicted molar refractivity (Wildman–Crippen MR) is 76.4 cm³/mol. The summed E-state index contributed by atoms with van der Waals surface area (Å²) < 4.78 is 0. The highest BCUT2D eigenvalue weighted by Gasteiger charge is 1.97. The topological polar surface area (TPSA) is 26.0 Å². The van der Waals surface area contributed by atoms with E-state index in [0.717, 1.165) is 10.7 Å². The quantitative estimate of drug-likeness (QED) is 0.725. The highest BCUT2D eigenvalue weighted by Crippen LogP contribution is 2.17. The molecule has 0 bridgehead atoms. The van der Waals surface area contributed by atoms with Crippen LogP contribution in [0.25, 0.3) is 0 Å². The molecule has 0 atom stereocenters.